The highest BCUT2D eigenvalue weighted by molar-refractivity contribution is 7.89. The molecule has 4 rings (SSSR count). The first kappa shape index (κ1) is 21.7. The lowest BCUT2D eigenvalue weighted by Gasteiger charge is -2.15. The van der Waals surface area contributed by atoms with Gasteiger partial charge in [-0.05, 0) is 56.0 Å². The zero-order valence-electron chi connectivity index (χ0n) is 17.4. The van der Waals surface area contributed by atoms with Gasteiger partial charge in [0.2, 0.25) is 10.0 Å². The molecule has 8 heteroatoms. The molecule has 31 heavy (non-hydrogen) atoms. The van der Waals surface area contributed by atoms with Crippen molar-refractivity contribution in [1.29, 1.82) is 0 Å². The molecule has 0 radical (unpaired) electrons. The highest BCUT2D eigenvalue weighted by atomic mass is 32.2. The number of amides is 1. The zero-order valence-corrected chi connectivity index (χ0v) is 19.0. The van der Waals surface area contributed by atoms with Crippen molar-refractivity contribution in [3.05, 3.63) is 70.0 Å². The number of nitrogens with one attached hydrogen (secondary N) is 1. The lowest BCUT2D eigenvalue weighted by atomic mass is 10.1. The molecule has 1 aromatic heterocycles. The standard InChI is InChI=1S/C23H25N3O3S2/c1-17-25-22(16-30-17)19-6-4-18(5-7-19)12-13-24-23(27)20-8-10-21(11-9-20)31(28,29)26-14-2-3-15-26/h4-11,16H,2-3,12-15H2,1H3,(H,24,27). The average Bonchev–Trinajstić information content (AvgIpc) is 3.47. The molecular formula is C23H25N3O3S2. The molecule has 2 heterocycles. The van der Waals surface area contributed by atoms with E-state index in [4.69, 9.17) is 0 Å². The largest absolute Gasteiger partial charge is 0.352 e. The number of thiazole rings is 1. The summed E-state index contributed by atoms with van der Waals surface area (Å²) in [4.78, 5) is 17.1. The Balaban J connectivity index is 1.30. The average molecular weight is 456 g/mol. The quantitative estimate of drug-likeness (QED) is 0.586. The van der Waals surface area contributed by atoms with Gasteiger partial charge in [-0.15, -0.1) is 11.3 Å². The molecule has 1 amide bonds. The summed E-state index contributed by atoms with van der Waals surface area (Å²) < 4.78 is 26.7. The van der Waals surface area contributed by atoms with Crippen LogP contribution >= 0.6 is 11.3 Å². The maximum absolute atomic E-state index is 12.6. The first-order valence-corrected chi connectivity index (χ1v) is 12.7. The molecule has 0 spiro atoms. The van der Waals surface area contributed by atoms with Crippen LogP contribution in [0.15, 0.2) is 58.8 Å². The van der Waals surface area contributed by atoms with E-state index >= 15 is 0 Å². The second-order valence-electron chi connectivity index (χ2n) is 7.59. The van der Waals surface area contributed by atoms with Crippen molar-refractivity contribution in [3.8, 4) is 11.3 Å². The monoisotopic (exact) mass is 455 g/mol. The number of carbonyl (C=O) groups is 1. The van der Waals surface area contributed by atoms with Crippen LogP contribution in [0.1, 0.15) is 33.8 Å². The molecule has 0 aliphatic carbocycles. The molecule has 1 saturated heterocycles. The molecule has 6 nitrogen and oxygen atoms in total. The van der Waals surface area contributed by atoms with E-state index in [2.05, 4.69) is 10.3 Å². The van der Waals surface area contributed by atoms with E-state index in [0.29, 0.717) is 31.6 Å². The second kappa shape index (κ2) is 9.30. The fourth-order valence-electron chi connectivity index (χ4n) is 3.62. The lowest BCUT2D eigenvalue weighted by molar-refractivity contribution is 0.0954. The topological polar surface area (TPSA) is 79.4 Å². The van der Waals surface area contributed by atoms with Gasteiger partial charge in [-0.1, -0.05) is 24.3 Å². The number of aryl methyl sites for hydroxylation is 1. The molecule has 1 fully saturated rings. The summed E-state index contributed by atoms with van der Waals surface area (Å²) in [6, 6.07) is 14.4. The van der Waals surface area contributed by atoms with Crippen LogP contribution in [0.4, 0.5) is 0 Å². The van der Waals surface area contributed by atoms with Crippen molar-refractivity contribution >= 4 is 27.3 Å². The normalized spacial score (nSPS) is 14.6. The number of carbonyl (C=O) groups excluding carboxylic acids is 1. The van der Waals surface area contributed by atoms with Crippen LogP contribution in [0.3, 0.4) is 0 Å². The number of aromatic nitrogens is 1. The van der Waals surface area contributed by atoms with E-state index < -0.39 is 10.0 Å². The molecule has 1 aliphatic rings. The summed E-state index contributed by atoms with van der Waals surface area (Å²) in [7, 11) is -3.46. The Morgan fingerprint density at radius 3 is 2.35 bits per heavy atom. The van der Waals surface area contributed by atoms with E-state index in [-0.39, 0.29) is 10.8 Å². The molecule has 2 aromatic carbocycles. The second-order valence-corrected chi connectivity index (χ2v) is 10.6. The van der Waals surface area contributed by atoms with E-state index in [1.54, 1.807) is 23.5 Å². The van der Waals surface area contributed by atoms with Gasteiger partial charge in [0.25, 0.3) is 5.91 Å². The first-order valence-electron chi connectivity index (χ1n) is 10.3. The molecule has 162 valence electrons. The predicted molar refractivity (Wildman–Crippen MR) is 123 cm³/mol. The third kappa shape index (κ3) is 5.03. The fraction of sp³-hybridized carbons (Fsp3) is 0.304. The molecule has 0 saturated carbocycles. The Kier molecular flexibility index (Phi) is 6.50. The number of hydrogen-bond acceptors (Lipinski definition) is 5. The number of hydrogen-bond donors (Lipinski definition) is 1. The predicted octanol–water partition coefficient (Wildman–Crippen LogP) is 3.88. The highest BCUT2D eigenvalue weighted by Crippen LogP contribution is 2.22. The van der Waals surface area contributed by atoms with Crippen molar-refractivity contribution in [1.82, 2.24) is 14.6 Å². The minimum atomic E-state index is -3.46. The molecule has 3 aromatic rings. The Hall–Kier alpha value is -2.55. The molecule has 0 atom stereocenters. The van der Waals surface area contributed by atoms with Crippen LogP contribution in [0, 0.1) is 6.92 Å². The molecule has 1 N–H and O–H groups in total. The van der Waals surface area contributed by atoms with Crippen LogP contribution in [-0.4, -0.2) is 43.2 Å². The summed E-state index contributed by atoms with van der Waals surface area (Å²) in [6.45, 7) is 3.62. The zero-order chi connectivity index (χ0) is 21.8. The fourth-order valence-corrected chi connectivity index (χ4v) is 5.76. The van der Waals surface area contributed by atoms with E-state index in [9.17, 15) is 13.2 Å². The van der Waals surface area contributed by atoms with Crippen LogP contribution in [0.25, 0.3) is 11.3 Å². The SMILES string of the molecule is Cc1nc(-c2ccc(CCNC(=O)c3ccc(S(=O)(=O)N4CCCC4)cc3)cc2)cs1. The molecule has 0 unspecified atom stereocenters. The molecule has 0 bridgehead atoms. The minimum Gasteiger partial charge on any atom is -0.352 e. The van der Waals surface area contributed by atoms with Crippen molar-refractivity contribution in [3.63, 3.8) is 0 Å². The summed E-state index contributed by atoms with van der Waals surface area (Å²) >= 11 is 1.63. The van der Waals surface area contributed by atoms with Gasteiger partial charge in [0.05, 0.1) is 15.6 Å². The minimum absolute atomic E-state index is 0.209. The van der Waals surface area contributed by atoms with Gasteiger partial charge in [0, 0.05) is 36.1 Å². The first-order chi connectivity index (χ1) is 14.9. The van der Waals surface area contributed by atoms with E-state index in [1.165, 1.54) is 16.4 Å². The van der Waals surface area contributed by atoms with Crippen LogP contribution in [0.2, 0.25) is 0 Å². The number of sulfonamides is 1. The maximum atomic E-state index is 12.6. The Labute approximate surface area is 187 Å². The van der Waals surface area contributed by atoms with Crippen LogP contribution in [0.5, 0.6) is 0 Å². The Morgan fingerprint density at radius 1 is 1.06 bits per heavy atom. The summed E-state index contributed by atoms with van der Waals surface area (Å²) in [6.07, 6.45) is 2.50. The van der Waals surface area contributed by atoms with Gasteiger partial charge >= 0.3 is 0 Å². The number of rotatable bonds is 7. The summed E-state index contributed by atoms with van der Waals surface area (Å²) in [5.74, 6) is -0.209. The Morgan fingerprint density at radius 2 is 1.74 bits per heavy atom. The molecule has 1 aliphatic heterocycles. The van der Waals surface area contributed by atoms with Crippen molar-refractivity contribution in [2.45, 2.75) is 31.1 Å². The van der Waals surface area contributed by atoms with Gasteiger partial charge < -0.3 is 5.32 Å². The third-order valence-corrected chi connectivity index (χ3v) is 8.07. The number of benzene rings is 2. The third-order valence-electron chi connectivity index (χ3n) is 5.39. The van der Waals surface area contributed by atoms with Crippen molar-refractivity contribution < 1.29 is 13.2 Å². The van der Waals surface area contributed by atoms with Gasteiger partial charge in [0.1, 0.15) is 0 Å². The van der Waals surface area contributed by atoms with Gasteiger partial charge in [0.15, 0.2) is 0 Å². The Bertz CT molecular complexity index is 1150. The van der Waals surface area contributed by atoms with Crippen molar-refractivity contribution in [2.24, 2.45) is 0 Å². The van der Waals surface area contributed by atoms with Crippen molar-refractivity contribution in [2.75, 3.05) is 19.6 Å². The maximum Gasteiger partial charge on any atom is 0.251 e. The van der Waals surface area contributed by atoms with Crippen LogP contribution in [-0.2, 0) is 16.4 Å². The van der Waals surface area contributed by atoms with Crippen LogP contribution < -0.4 is 5.32 Å². The number of nitrogens with zero attached hydrogens (tertiary/aromatic N) is 2. The highest BCUT2D eigenvalue weighted by Gasteiger charge is 2.27. The lowest BCUT2D eigenvalue weighted by Crippen LogP contribution is -2.28. The molecular weight excluding hydrogens is 430 g/mol. The van der Waals surface area contributed by atoms with E-state index in [1.807, 2.05) is 36.6 Å². The summed E-state index contributed by atoms with van der Waals surface area (Å²) in [5, 5.41) is 5.99. The van der Waals surface area contributed by atoms with Gasteiger partial charge in [-0.2, -0.15) is 4.31 Å². The van der Waals surface area contributed by atoms with Gasteiger partial charge in [-0.25, -0.2) is 13.4 Å². The van der Waals surface area contributed by atoms with E-state index in [0.717, 1.165) is 34.7 Å². The smallest absolute Gasteiger partial charge is 0.251 e. The van der Waals surface area contributed by atoms with Gasteiger partial charge in [-0.3, -0.25) is 4.79 Å². The summed E-state index contributed by atoms with van der Waals surface area (Å²) in [5.41, 5.74) is 3.65.